The summed E-state index contributed by atoms with van der Waals surface area (Å²) >= 11 is 11.9. The number of hydrogen-bond acceptors (Lipinski definition) is 5. The van der Waals surface area contributed by atoms with E-state index in [2.05, 4.69) is 35.5 Å². The fourth-order valence-electron chi connectivity index (χ4n) is 3.10. The van der Waals surface area contributed by atoms with Crippen molar-refractivity contribution in [2.75, 3.05) is 12.0 Å². The lowest BCUT2D eigenvalue weighted by Crippen LogP contribution is -2.17. The number of ether oxygens (including phenoxy) is 2. The molecular formula is C22H27ClN4O2S. The highest BCUT2D eigenvalue weighted by Crippen LogP contribution is 2.37. The maximum absolute atomic E-state index is 6.57. The number of rotatable bonds is 10. The van der Waals surface area contributed by atoms with Crippen LogP contribution in [-0.2, 0) is 19.6 Å². The molecule has 0 saturated heterocycles. The number of aryl methyl sites for hydroxylation is 2. The van der Waals surface area contributed by atoms with Crippen molar-refractivity contribution in [3.8, 4) is 11.5 Å². The lowest BCUT2D eigenvalue weighted by Gasteiger charge is -2.17. The van der Waals surface area contributed by atoms with Crippen molar-refractivity contribution < 1.29 is 9.47 Å². The van der Waals surface area contributed by atoms with Gasteiger partial charge in [0.25, 0.3) is 0 Å². The first-order valence-corrected chi connectivity index (χ1v) is 10.8. The number of nitrogens with one attached hydrogen (secondary N) is 2. The molecule has 0 radical (unpaired) electrons. The van der Waals surface area contributed by atoms with Gasteiger partial charge in [0.1, 0.15) is 6.61 Å². The molecule has 0 aliphatic carbocycles. The highest BCUT2D eigenvalue weighted by atomic mass is 35.5. The van der Waals surface area contributed by atoms with E-state index in [1.54, 1.807) is 4.68 Å². The van der Waals surface area contributed by atoms with Gasteiger partial charge in [-0.2, -0.15) is 5.10 Å². The van der Waals surface area contributed by atoms with E-state index in [0.29, 0.717) is 41.1 Å². The zero-order chi connectivity index (χ0) is 21.5. The van der Waals surface area contributed by atoms with Gasteiger partial charge in [0.2, 0.25) is 4.77 Å². The van der Waals surface area contributed by atoms with Crippen molar-refractivity contribution in [3.05, 3.63) is 68.7 Å². The van der Waals surface area contributed by atoms with E-state index in [1.807, 2.05) is 37.3 Å². The Morgan fingerprint density at radius 1 is 1.20 bits per heavy atom. The maximum Gasteiger partial charge on any atom is 0.214 e. The standard InChI is InChI=1S/C22H27ClN4O2S/c1-4-8-20-25-26-22(30)27(20)24-13-16-11-18(23)21(19(12-16)28-5-2)29-14-17-10-7-6-9-15(17)3/h6-7,9-12,24H,4-5,8,13-14H2,1-3H3,(H,26,30). The van der Waals surface area contributed by atoms with Gasteiger partial charge >= 0.3 is 0 Å². The summed E-state index contributed by atoms with van der Waals surface area (Å²) in [6, 6.07) is 11.9. The van der Waals surface area contributed by atoms with E-state index in [1.165, 1.54) is 5.56 Å². The van der Waals surface area contributed by atoms with Crippen molar-refractivity contribution >= 4 is 23.8 Å². The fraction of sp³-hybridized carbons (Fsp3) is 0.364. The quantitative estimate of drug-likeness (QED) is 0.398. The summed E-state index contributed by atoms with van der Waals surface area (Å²) < 4.78 is 14.2. The molecule has 0 atom stereocenters. The predicted octanol–water partition coefficient (Wildman–Crippen LogP) is 5.58. The van der Waals surface area contributed by atoms with E-state index in [4.69, 9.17) is 33.3 Å². The lowest BCUT2D eigenvalue weighted by atomic mass is 10.1. The van der Waals surface area contributed by atoms with E-state index in [-0.39, 0.29) is 0 Å². The largest absolute Gasteiger partial charge is 0.490 e. The van der Waals surface area contributed by atoms with Gasteiger partial charge < -0.3 is 14.9 Å². The summed E-state index contributed by atoms with van der Waals surface area (Å²) in [6.07, 6.45) is 1.81. The van der Waals surface area contributed by atoms with Gasteiger partial charge in [0.15, 0.2) is 17.3 Å². The molecule has 0 aliphatic heterocycles. The molecule has 2 aromatic carbocycles. The monoisotopic (exact) mass is 446 g/mol. The van der Waals surface area contributed by atoms with Crippen LogP contribution in [0.3, 0.4) is 0 Å². The molecule has 0 saturated carbocycles. The van der Waals surface area contributed by atoms with Gasteiger partial charge in [-0.05, 0) is 61.3 Å². The van der Waals surface area contributed by atoms with Crippen molar-refractivity contribution in [3.63, 3.8) is 0 Å². The summed E-state index contributed by atoms with van der Waals surface area (Å²) in [6.45, 7) is 7.56. The van der Waals surface area contributed by atoms with Gasteiger partial charge in [-0.25, -0.2) is 4.68 Å². The maximum atomic E-state index is 6.57. The second-order valence-electron chi connectivity index (χ2n) is 6.92. The first-order valence-electron chi connectivity index (χ1n) is 10.1. The second kappa shape index (κ2) is 10.5. The summed E-state index contributed by atoms with van der Waals surface area (Å²) in [4.78, 5) is 0. The molecule has 3 aromatic rings. The topological polar surface area (TPSA) is 64.1 Å². The minimum absolute atomic E-state index is 0.425. The summed E-state index contributed by atoms with van der Waals surface area (Å²) in [7, 11) is 0. The van der Waals surface area contributed by atoms with Gasteiger partial charge in [0, 0.05) is 6.42 Å². The third kappa shape index (κ3) is 5.34. The molecule has 0 spiro atoms. The number of nitrogens with zero attached hydrogens (tertiary/aromatic N) is 2. The van der Waals surface area contributed by atoms with Crippen molar-refractivity contribution in [1.82, 2.24) is 14.9 Å². The molecule has 0 amide bonds. The van der Waals surface area contributed by atoms with Crippen LogP contribution in [0.25, 0.3) is 0 Å². The van der Waals surface area contributed by atoms with E-state index >= 15 is 0 Å². The Kier molecular flexibility index (Phi) is 7.76. The minimum Gasteiger partial charge on any atom is -0.490 e. The first-order chi connectivity index (χ1) is 14.5. The van der Waals surface area contributed by atoms with Gasteiger partial charge in [-0.15, -0.1) is 0 Å². The molecule has 1 heterocycles. The molecule has 1 aromatic heterocycles. The van der Waals surface area contributed by atoms with Crippen LogP contribution >= 0.6 is 23.8 Å². The molecule has 6 nitrogen and oxygen atoms in total. The third-order valence-electron chi connectivity index (χ3n) is 4.66. The Morgan fingerprint density at radius 3 is 2.73 bits per heavy atom. The average molecular weight is 447 g/mol. The van der Waals surface area contributed by atoms with Gasteiger partial charge in [-0.1, -0.05) is 42.8 Å². The van der Waals surface area contributed by atoms with E-state index in [0.717, 1.165) is 29.8 Å². The highest BCUT2D eigenvalue weighted by Gasteiger charge is 2.14. The van der Waals surface area contributed by atoms with Crippen LogP contribution in [0.1, 0.15) is 42.8 Å². The number of hydrogen-bond donors (Lipinski definition) is 2. The Hall–Kier alpha value is -2.51. The predicted molar refractivity (Wildman–Crippen MR) is 123 cm³/mol. The van der Waals surface area contributed by atoms with Crippen LogP contribution in [0.2, 0.25) is 5.02 Å². The lowest BCUT2D eigenvalue weighted by molar-refractivity contribution is 0.269. The normalized spacial score (nSPS) is 10.8. The molecule has 2 N–H and O–H groups in total. The summed E-state index contributed by atoms with van der Waals surface area (Å²) in [5, 5.41) is 7.61. The average Bonchev–Trinajstić information content (AvgIpc) is 3.07. The van der Waals surface area contributed by atoms with Crippen LogP contribution < -0.4 is 14.9 Å². The number of aromatic nitrogens is 3. The molecular weight excluding hydrogens is 420 g/mol. The Labute approximate surface area is 187 Å². The van der Waals surface area contributed by atoms with E-state index < -0.39 is 0 Å². The Morgan fingerprint density at radius 2 is 2.00 bits per heavy atom. The number of aromatic amines is 1. The minimum atomic E-state index is 0.425. The number of H-pyrrole nitrogens is 1. The van der Waals surface area contributed by atoms with Crippen LogP contribution in [0.5, 0.6) is 11.5 Å². The molecule has 0 fully saturated rings. The second-order valence-corrected chi connectivity index (χ2v) is 7.71. The zero-order valence-electron chi connectivity index (χ0n) is 17.5. The van der Waals surface area contributed by atoms with Gasteiger partial charge in [0.05, 0.1) is 18.2 Å². The molecule has 0 aliphatic rings. The van der Waals surface area contributed by atoms with Crippen LogP contribution in [-0.4, -0.2) is 21.5 Å². The number of benzene rings is 2. The smallest absolute Gasteiger partial charge is 0.214 e. The molecule has 160 valence electrons. The third-order valence-corrected chi connectivity index (χ3v) is 5.21. The molecule has 30 heavy (non-hydrogen) atoms. The van der Waals surface area contributed by atoms with Crippen molar-refractivity contribution in [2.24, 2.45) is 0 Å². The molecule has 0 unspecified atom stereocenters. The molecule has 8 heteroatoms. The van der Waals surface area contributed by atoms with Crippen LogP contribution in [0.4, 0.5) is 0 Å². The van der Waals surface area contributed by atoms with Crippen molar-refractivity contribution in [2.45, 2.75) is 46.8 Å². The van der Waals surface area contributed by atoms with Crippen LogP contribution in [0.15, 0.2) is 36.4 Å². The van der Waals surface area contributed by atoms with E-state index in [9.17, 15) is 0 Å². The molecule has 0 bridgehead atoms. The fourth-order valence-corrected chi connectivity index (χ4v) is 3.61. The molecule has 3 rings (SSSR count). The number of halogens is 1. The zero-order valence-corrected chi connectivity index (χ0v) is 19.1. The first kappa shape index (κ1) is 22.2. The Bertz CT molecular complexity index is 1050. The van der Waals surface area contributed by atoms with Crippen LogP contribution in [0, 0.1) is 11.7 Å². The summed E-state index contributed by atoms with van der Waals surface area (Å²) in [5.74, 6) is 2.05. The Balaban J connectivity index is 1.78. The van der Waals surface area contributed by atoms with Crippen molar-refractivity contribution in [1.29, 1.82) is 0 Å². The highest BCUT2D eigenvalue weighted by molar-refractivity contribution is 7.71. The SMILES string of the molecule is CCCc1n[nH]c(=S)n1NCc1cc(Cl)c(OCc2ccccc2C)c(OCC)c1. The summed E-state index contributed by atoms with van der Waals surface area (Å²) in [5.41, 5.74) is 6.55. The van der Waals surface area contributed by atoms with Gasteiger partial charge in [-0.3, -0.25) is 5.10 Å².